The van der Waals surface area contributed by atoms with Crippen molar-refractivity contribution in [2.45, 2.75) is 0 Å². The van der Waals surface area contributed by atoms with E-state index in [4.69, 9.17) is 0 Å². The Balaban J connectivity index is 0. The van der Waals surface area contributed by atoms with Gasteiger partial charge in [-0.25, -0.2) is 0 Å². The fourth-order valence-electron chi connectivity index (χ4n) is 0. The molecule has 1 nitrogen and oxygen atoms in total. The van der Waals surface area contributed by atoms with Crippen LogP contribution in [0.5, 0.6) is 0 Å². The Kier molecular flexibility index (Phi) is 631. The van der Waals surface area contributed by atoms with Crippen molar-refractivity contribution in [1.82, 2.24) is 0 Å². The van der Waals surface area contributed by atoms with Gasteiger partial charge in [-0.2, -0.15) is 0 Å². The van der Waals surface area contributed by atoms with Crippen LogP contribution in [0.4, 0.5) is 0 Å². The molecule has 0 heterocycles. The molecule has 0 aromatic carbocycles. The molecule has 0 unspecified atom stereocenters. The van der Waals surface area contributed by atoms with Gasteiger partial charge in [0.1, 0.15) is 0 Å². The molecule has 6 heteroatoms. The van der Waals surface area contributed by atoms with Crippen LogP contribution in [0.2, 0.25) is 0 Å². The van der Waals surface area contributed by atoms with Gasteiger partial charge in [0.15, 0.2) is 0 Å². The van der Waals surface area contributed by atoms with Crippen LogP contribution in [-0.4, -0.2) is 5.48 Å². The standard InChI is InChI=1S/Co.Cr.Fe.Mn.Ni.H2O/h;;;;;1H2. The van der Waals surface area contributed by atoms with Gasteiger partial charge in [0.05, 0.1) is 0 Å². The van der Waals surface area contributed by atoms with E-state index in [-0.39, 0.29) is 90.2 Å². The molecule has 0 fully saturated rings. The van der Waals surface area contributed by atoms with Crippen molar-refractivity contribution < 1.29 is 90.2 Å². The molecule has 48 valence electrons. The second-order valence-corrected chi connectivity index (χ2v) is 0. The van der Waals surface area contributed by atoms with Gasteiger partial charge in [0, 0.05) is 84.8 Å². The van der Waals surface area contributed by atoms with Crippen LogP contribution in [0, 0.1) is 0 Å². The first-order chi connectivity index (χ1) is 0. The molecule has 2 N–H and O–H groups in total. The van der Waals surface area contributed by atoms with E-state index in [1.54, 1.807) is 0 Å². The van der Waals surface area contributed by atoms with Gasteiger partial charge in [-0.15, -0.1) is 0 Å². The van der Waals surface area contributed by atoms with Crippen LogP contribution < -0.4 is 0 Å². The summed E-state index contributed by atoms with van der Waals surface area (Å²) in [7, 11) is 0. The first-order valence-electron chi connectivity index (χ1n) is 0. The number of hydrogen-bond donors (Lipinski definition) is 0. The molecule has 0 aliphatic heterocycles. The predicted molar refractivity (Wildman–Crippen MR) is 3.61 cm³/mol. The van der Waals surface area contributed by atoms with E-state index >= 15 is 0 Å². The number of rotatable bonds is 0. The van der Waals surface area contributed by atoms with Crippen LogP contribution in [0.3, 0.4) is 0 Å². The van der Waals surface area contributed by atoms with Crippen LogP contribution in [0.25, 0.3) is 0 Å². The summed E-state index contributed by atoms with van der Waals surface area (Å²) in [5.74, 6) is 0. The summed E-state index contributed by atoms with van der Waals surface area (Å²) in [5, 5.41) is 0. The second kappa shape index (κ2) is 50.1. The van der Waals surface area contributed by atoms with Crippen LogP contribution in [-0.2, 0) is 84.8 Å². The number of hydrogen-bond acceptors (Lipinski definition) is 0. The Hall–Kier alpha value is 2.53. The van der Waals surface area contributed by atoms with Crippen molar-refractivity contribution in [3.05, 3.63) is 0 Å². The third-order valence-corrected chi connectivity index (χ3v) is 0. The molecule has 6 heavy (non-hydrogen) atoms. The zero-order valence-electron chi connectivity index (χ0n) is 2.29. The van der Waals surface area contributed by atoms with Gasteiger partial charge >= 0.3 is 0 Å². The minimum atomic E-state index is 0. The summed E-state index contributed by atoms with van der Waals surface area (Å²) in [4.78, 5) is 0. The van der Waals surface area contributed by atoms with Crippen LogP contribution >= 0.6 is 0 Å². The molecule has 0 rings (SSSR count). The van der Waals surface area contributed by atoms with E-state index in [0.717, 1.165) is 0 Å². The van der Waals surface area contributed by atoms with E-state index in [1.165, 1.54) is 0 Å². The Bertz CT molecular complexity index is 15.5. The fraction of sp³-hybridized carbons (Fsp3) is 0. The van der Waals surface area contributed by atoms with Gasteiger partial charge in [-0.1, -0.05) is 0 Å². The van der Waals surface area contributed by atoms with Crippen molar-refractivity contribution in [2.75, 3.05) is 0 Å². The van der Waals surface area contributed by atoms with E-state index in [2.05, 4.69) is 0 Å². The quantitative estimate of drug-likeness (QED) is 0.523. The van der Waals surface area contributed by atoms with Gasteiger partial charge in [-0.05, 0) is 0 Å². The summed E-state index contributed by atoms with van der Waals surface area (Å²) in [5.41, 5.74) is 0. The molecule has 0 aromatic heterocycles. The summed E-state index contributed by atoms with van der Waals surface area (Å²) in [6.45, 7) is 0. The Labute approximate surface area is 89.3 Å². The van der Waals surface area contributed by atoms with E-state index in [0.29, 0.717) is 0 Å². The molecular formula is H2CoCrFeMnNiO. The van der Waals surface area contributed by atoms with Gasteiger partial charge in [0.2, 0.25) is 0 Å². The van der Waals surface area contributed by atoms with Crippen molar-refractivity contribution in [2.24, 2.45) is 0 Å². The van der Waals surface area contributed by atoms with Gasteiger partial charge < -0.3 is 5.48 Å². The van der Waals surface area contributed by atoms with Crippen molar-refractivity contribution in [3.63, 3.8) is 0 Å². The normalized spacial score (nSPS) is 0. The minimum Gasteiger partial charge on any atom is -0.412 e. The predicted octanol–water partition coefficient (Wildman–Crippen LogP) is -0.837. The van der Waals surface area contributed by atoms with Crippen LogP contribution in [0.15, 0.2) is 0 Å². The van der Waals surface area contributed by atoms with Gasteiger partial charge in [-0.3, -0.25) is 0 Å². The maximum absolute atomic E-state index is 0. The van der Waals surface area contributed by atoms with E-state index < -0.39 is 0 Å². The molecule has 0 atom stereocenters. The summed E-state index contributed by atoms with van der Waals surface area (Å²) >= 11 is 0. The Morgan fingerprint density at radius 3 is 1.00 bits per heavy atom. The molecule has 0 saturated carbocycles. The molecule has 2 radical (unpaired) electrons. The zero-order chi connectivity index (χ0) is 0. The first kappa shape index (κ1) is 75.5. The summed E-state index contributed by atoms with van der Waals surface area (Å²) in [6.07, 6.45) is 0. The maximum Gasteiger partial charge on any atom is 0 e. The van der Waals surface area contributed by atoms with Crippen molar-refractivity contribution >= 4 is 0 Å². The average Bonchev–Trinajstić information content (AvgIpc) is 0. The SMILES string of the molecule is O.[Co].[Cr].[Fe].[Mn].[Ni]. The maximum atomic E-state index is 0. The van der Waals surface area contributed by atoms with E-state index in [1.807, 2.05) is 0 Å². The van der Waals surface area contributed by atoms with Crippen molar-refractivity contribution in [3.8, 4) is 0 Å². The molecule has 0 bridgehead atoms. The van der Waals surface area contributed by atoms with E-state index in [9.17, 15) is 0 Å². The molecular weight excluding hydrogens is 296 g/mol. The average molecular weight is 298 g/mol. The van der Waals surface area contributed by atoms with Gasteiger partial charge in [0.25, 0.3) is 0 Å². The van der Waals surface area contributed by atoms with Crippen molar-refractivity contribution in [1.29, 1.82) is 0 Å². The third-order valence-electron chi connectivity index (χ3n) is 0. The summed E-state index contributed by atoms with van der Waals surface area (Å²) in [6, 6.07) is 0. The first-order valence-corrected chi connectivity index (χ1v) is 0. The fourth-order valence-corrected chi connectivity index (χ4v) is 0. The largest absolute Gasteiger partial charge is 0.412 e. The Morgan fingerprint density at radius 1 is 1.00 bits per heavy atom. The molecule has 0 amide bonds. The smallest absolute Gasteiger partial charge is 0 e. The minimum absolute atomic E-state index is 0. The Morgan fingerprint density at radius 2 is 1.00 bits per heavy atom. The zero-order valence-corrected chi connectivity index (χ0v) is 7.88. The topological polar surface area (TPSA) is 31.5 Å². The molecule has 0 aromatic rings. The molecule has 0 aliphatic rings. The monoisotopic (exact) mass is 298 g/mol. The second-order valence-electron chi connectivity index (χ2n) is 0. The summed E-state index contributed by atoms with van der Waals surface area (Å²) < 4.78 is 0. The molecule has 0 aliphatic carbocycles. The molecule has 0 spiro atoms. The van der Waals surface area contributed by atoms with Crippen LogP contribution in [0.1, 0.15) is 0 Å². The molecule has 0 saturated heterocycles. The third kappa shape index (κ3) is 31.2.